The average molecular weight is 276 g/mol. The van der Waals surface area contributed by atoms with Gasteiger partial charge >= 0.3 is 0 Å². The van der Waals surface area contributed by atoms with E-state index in [2.05, 4.69) is 0 Å². The Bertz CT molecular complexity index is 525. The van der Waals surface area contributed by atoms with Crippen LogP contribution in [-0.4, -0.2) is 63.8 Å². The molecule has 2 atom stereocenters. The summed E-state index contributed by atoms with van der Waals surface area (Å²) in [6.07, 6.45) is -0.0676. The molecule has 2 N–H and O–H groups in total. The number of hydrogen-bond acceptors (Lipinski definition) is 5. The van der Waals surface area contributed by atoms with Crippen molar-refractivity contribution in [2.75, 3.05) is 19.8 Å². The normalized spacial score (nSPS) is 26.4. The summed E-state index contributed by atoms with van der Waals surface area (Å²) >= 11 is 0. The third-order valence-electron chi connectivity index (χ3n) is 3.92. The molecular weight excluding hydrogens is 260 g/mol. The second-order valence-corrected chi connectivity index (χ2v) is 5.22. The number of benzene rings is 1. The van der Waals surface area contributed by atoms with Gasteiger partial charge in [-0.3, -0.25) is 19.4 Å². The molecule has 1 aromatic rings. The van der Waals surface area contributed by atoms with Crippen LogP contribution in [0.2, 0.25) is 0 Å². The topological polar surface area (TPSA) is 81.1 Å². The first kappa shape index (κ1) is 13.2. The van der Waals surface area contributed by atoms with Gasteiger partial charge < -0.3 is 10.2 Å². The third-order valence-corrected chi connectivity index (χ3v) is 3.92. The molecule has 2 heterocycles. The van der Waals surface area contributed by atoms with E-state index in [4.69, 9.17) is 0 Å². The van der Waals surface area contributed by atoms with Crippen molar-refractivity contribution >= 4 is 11.8 Å². The molecule has 6 nitrogen and oxygen atoms in total. The van der Waals surface area contributed by atoms with Gasteiger partial charge in [-0.25, -0.2) is 0 Å². The third kappa shape index (κ3) is 2.02. The zero-order chi connectivity index (χ0) is 14.3. The number of aliphatic hydroxyl groups excluding tert-OH is 2. The zero-order valence-corrected chi connectivity index (χ0v) is 10.9. The predicted molar refractivity (Wildman–Crippen MR) is 70.0 cm³/mol. The van der Waals surface area contributed by atoms with Gasteiger partial charge in [-0.05, 0) is 18.6 Å². The van der Waals surface area contributed by atoms with Gasteiger partial charge in [0.25, 0.3) is 11.8 Å². The Morgan fingerprint density at radius 3 is 2.30 bits per heavy atom. The molecule has 6 heteroatoms. The number of aliphatic hydroxyl groups is 2. The lowest BCUT2D eigenvalue weighted by Crippen LogP contribution is -2.44. The SMILES string of the molecule is O=C1c2ccccc2C(=O)N1CN1CC(O)CC1CO. The van der Waals surface area contributed by atoms with Crippen molar-refractivity contribution in [3.05, 3.63) is 35.4 Å². The Kier molecular flexibility index (Phi) is 3.29. The van der Waals surface area contributed by atoms with Crippen molar-refractivity contribution in [3.63, 3.8) is 0 Å². The smallest absolute Gasteiger partial charge is 0.262 e. The number of β-amino-alcohol motifs (C(OH)–C–C–N with tert-alkyl or cyclic N) is 1. The number of imide groups is 1. The van der Waals surface area contributed by atoms with Crippen LogP contribution in [0.5, 0.6) is 0 Å². The number of carbonyl (C=O) groups excluding carboxylic acids is 2. The monoisotopic (exact) mass is 276 g/mol. The molecule has 2 amide bonds. The van der Waals surface area contributed by atoms with Crippen molar-refractivity contribution < 1.29 is 19.8 Å². The second kappa shape index (κ2) is 4.97. The molecule has 0 spiro atoms. The minimum atomic E-state index is -0.526. The lowest BCUT2D eigenvalue weighted by molar-refractivity contribution is 0.0475. The molecule has 0 aromatic heterocycles. The maximum Gasteiger partial charge on any atom is 0.262 e. The summed E-state index contributed by atoms with van der Waals surface area (Å²) < 4.78 is 0. The predicted octanol–water partition coefficient (Wildman–Crippen LogP) is -0.332. The van der Waals surface area contributed by atoms with Gasteiger partial charge in [-0.1, -0.05) is 12.1 Å². The first-order chi connectivity index (χ1) is 9.61. The lowest BCUT2D eigenvalue weighted by Gasteiger charge is -2.26. The molecule has 1 saturated heterocycles. The largest absolute Gasteiger partial charge is 0.395 e. The van der Waals surface area contributed by atoms with Crippen LogP contribution >= 0.6 is 0 Å². The molecule has 0 aliphatic carbocycles. The van der Waals surface area contributed by atoms with E-state index in [-0.39, 0.29) is 31.1 Å². The highest BCUT2D eigenvalue weighted by Crippen LogP contribution is 2.25. The van der Waals surface area contributed by atoms with E-state index >= 15 is 0 Å². The van der Waals surface area contributed by atoms with Gasteiger partial charge in [0.2, 0.25) is 0 Å². The summed E-state index contributed by atoms with van der Waals surface area (Å²) in [6, 6.07) is 6.51. The highest BCUT2D eigenvalue weighted by atomic mass is 16.3. The van der Waals surface area contributed by atoms with Crippen molar-refractivity contribution in [2.45, 2.75) is 18.6 Å². The first-order valence-electron chi connectivity index (χ1n) is 6.60. The molecule has 20 heavy (non-hydrogen) atoms. The van der Waals surface area contributed by atoms with Crippen LogP contribution in [0.4, 0.5) is 0 Å². The number of likely N-dealkylation sites (tertiary alicyclic amines) is 1. The van der Waals surface area contributed by atoms with Crippen LogP contribution in [0, 0.1) is 0 Å². The minimum absolute atomic E-state index is 0.0970. The molecule has 3 rings (SSSR count). The average Bonchev–Trinajstić information content (AvgIpc) is 2.93. The van der Waals surface area contributed by atoms with Gasteiger partial charge in [-0.2, -0.15) is 0 Å². The van der Waals surface area contributed by atoms with E-state index in [0.29, 0.717) is 24.1 Å². The highest BCUT2D eigenvalue weighted by Gasteiger charge is 2.39. The van der Waals surface area contributed by atoms with E-state index in [0.717, 1.165) is 0 Å². The number of nitrogens with zero attached hydrogens (tertiary/aromatic N) is 2. The first-order valence-corrected chi connectivity index (χ1v) is 6.60. The van der Waals surface area contributed by atoms with Crippen LogP contribution in [0.25, 0.3) is 0 Å². The Labute approximate surface area is 116 Å². The van der Waals surface area contributed by atoms with Crippen molar-refractivity contribution in [1.29, 1.82) is 0 Å². The number of hydrogen-bond donors (Lipinski definition) is 2. The number of carbonyl (C=O) groups is 2. The number of amides is 2. The maximum atomic E-state index is 12.2. The fraction of sp³-hybridized carbons (Fsp3) is 0.429. The molecule has 2 unspecified atom stereocenters. The Morgan fingerprint density at radius 1 is 1.15 bits per heavy atom. The summed E-state index contributed by atoms with van der Waals surface area (Å²) in [5.41, 5.74) is 0.829. The molecule has 2 aliphatic heterocycles. The van der Waals surface area contributed by atoms with Crippen molar-refractivity contribution in [2.24, 2.45) is 0 Å². The summed E-state index contributed by atoms with van der Waals surface area (Å²) in [4.78, 5) is 27.4. The standard InChI is InChI=1S/C14H16N2O4/c17-7-9-5-10(18)6-15(9)8-16-13(19)11-3-1-2-4-12(11)14(16)20/h1-4,9-10,17-18H,5-8H2. The molecular formula is C14H16N2O4. The van der Waals surface area contributed by atoms with E-state index in [1.54, 1.807) is 29.2 Å². The fourth-order valence-electron chi connectivity index (χ4n) is 2.87. The fourth-order valence-corrected chi connectivity index (χ4v) is 2.87. The second-order valence-electron chi connectivity index (χ2n) is 5.22. The van der Waals surface area contributed by atoms with Crippen LogP contribution in [0.15, 0.2) is 24.3 Å². The van der Waals surface area contributed by atoms with Gasteiger partial charge in [0, 0.05) is 12.6 Å². The Morgan fingerprint density at radius 2 is 1.75 bits per heavy atom. The van der Waals surface area contributed by atoms with Crippen LogP contribution < -0.4 is 0 Å². The van der Waals surface area contributed by atoms with Gasteiger partial charge in [0.05, 0.1) is 30.5 Å². The molecule has 0 saturated carbocycles. The Hall–Kier alpha value is -1.76. The Balaban J connectivity index is 1.80. The number of fused-ring (bicyclic) bond motifs is 1. The van der Waals surface area contributed by atoms with E-state index in [1.807, 2.05) is 0 Å². The highest BCUT2D eigenvalue weighted by molar-refractivity contribution is 6.21. The summed E-state index contributed by atoms with van der Waals surface area (Å²) in [5.74, 6) is -0.632. The zero-order valence-electron chi connectivity index (χ0n) is 10.9. The minimum Gasteiger partial charge on any atom is -0.395 e. The van der Waals surface area contributed by atoms with Gasteiger partial charge in [-0.15, -0.1) is 0 Å². The van der Waals surface area contributed by atoms with Crippen LogP contribution in [0.3, 0.4) is 0 Å². The summed E-state index contributed by atoms with van der Waals surface area (Å²) in [6.45, 7) is 0.369. The molecule has 1 aromatic carbocycles. The van der Waals surface area contributed by atoms with Crippen LogP contribution in [0.1, 0.15) is 27.1 Å². The van der Waals surface area contributed by atoms with Gasteiger partial charge in [0.15, 0.2) is 0 Å². The molecule has 1 fully saturated rings. The van der Waals surface area contributed by atoms with E-state index in [9.17, 15) is 19.8 Å². The van der Waals surface area contributed by atoms with Crippen molar-refractivity contribution in [1.82, 2.24) is 9.80 Å². The quantitative estimate of drug-likeness (QED) is 0.739. The van der Waals surface area contributed by atoms with E-state index < -0.39 is 6.10 Å². The molecule has 0 radical (unpaired) electrons. The van der Waals surface area contributed by atoms with Crippen LogP contribution in [-0.2, 0) is 0 Å². The lowest BCUT2D eigenvalue weighted by atomic mass is 10.1. The van der Waals surface area contributed by atoms with Crippen molar-refractivity contribution in [3.8, 4) is 0 Å². The summed E-state index contributed by atoms with van der Waals surface area (Å²) in [7, 11) is 0. The number of rotatable bonds is 3. The van der Waals surface area contributed by atoms with Gasteiger partial charge in [0.1, 0.15) is 0 Å². The van der Waals surface area contributed by atoms with E-state index in [1.165, 1.54) is 4.90 Å². The molecule has 106 valence electrons. The maximum absolute atomic E-state index is 12.2. The summed E-state index contributed by atoms with van der Waals surface area (Å²) in [5, 5.41) is 18.9. The molecule has 0 bridgehead atoms. The molecule has 2 aliphatic rings.